The van der Waals surface area contributed by atoms with Crippen LogP contribution in [0.4, 0.5) is 0 Å². The van der Waals surface area contributed by atoms with E-state index < -0.39 is 0 Å². The van der Waals surface area contributed by atoms with Crippen LogP contribution in [0, 0.1) is 6.92 Å². The number of methoxy groups -OCH3 is 1. The molecule has 1 amide bonds. The zero-order chi connectivity index (χ0) is 19.1. The summed E-state index contributed by atoms with van der Waals surface area (Å²) in [5, 5.41) is 4.17. The summed E-state index contributed by atoms with van der Waals surface area (Å²) >= 11 is 0. The van der Waals surface area contributed by atoms with Gasteiger partial charge < -0.3 is 14.2 Å². The predicted molar refractivity (Wildman–Crippen MR) is 102 cm³/mol. The van der Waals surface area contributed by atoms with E-state index in [1.54, 1.807) is 7.11 Å². The van der Waals surface area contributed by atoms with E-state index in [0.29, 0.717) is 18.9 Å². The summed E-state index contributed by atoms with van der Waals surface area (Å²) in [6, 6.07) is 10.3. The molecule has 1 fully saturated rings. The lowest BCUT2D eigenvalue weighted by molar-refractivity contribution is -0.133. The van der Waals surface area contributed by atoms with Crippen molar-refractivity contribution in [3.8, 4) is 0 Å². The largest absolute Gasteiger partial charge is 0.385 e. The van der Waals surface area contributed by atoms with Crippen molar-refractivity contribution in [3.63, 3.8) is 0 Å². The van der Waals surface area contributed by atoms with E-state index in [1.807, 2.05) is 30.0 Å². The van der Waals surface area contributed by atoms with Crippen molar-refractivity contribution in [1.29, 1.82) is 0 Å². The molecule has 3 rings (SSSR count). The third kappa shape index (κ3) is 4.95. The molecule has 6 nitrogen and oxygen atoms in total. The average molecular weight is 371 g/mol. The maximum absolute atomic E-state index is 12.6. The lowest BCUT2D eigenvalue weighted by Gasteiger charge is -2.40. The van der Waals surface area contributed by atoms with E-state index in [4.69, 9.17) is 9.26 Å². The highest BCUT2D eigenvalue weighted by Crippen LogP contribution is 2.37. The predicted octanol–water partition coefficient (Wildman–Crippen LogP) is 3.30. The highest BCUT2D eigenvalue weighted by molar-refractivity contribution is 5.76. The fraction of sp³-hybridized carbons (Fsp3) is 0.571. The average Bonchev–Trinajstić information content (AvgIpc) is 3.14. The van der Waals surface area contributed by atoms with E-state index in [0.717, 1.165) is 51.0 Å². The summed E-state index contributed by atoms with van der Waals surface area (Å²) < 4.78 is 10.5. The van der Waals surface area contributed by atoms with Gasteiger partial charge in [0.15, 0.2) is 5.82 Å². The lowest BCUT2D eigenvalue weighted by Crippen LogP contribution is -2.46. The molecule has 1 saturated heterocycles. The second-order valence-corrected chi connectivity index (χ2v) is 7.38. The van der Waals surface area contributed by atoms with E-state index in [-0.39, 0.29) is 11.3 Å². The number of ether oxygens (including phenoxy) is 1. The first-order valence-corrected chi connectivity index (χ1v) is 9.74. The van der Waals surface area contributed by atoms with Crippen molar-refractivity contribution in [1.82, 2.24) is 15.0 Å². The molecular formula is C21H29N3O3. The first-order valence-electron chi connectivity index (χ1n) is 9.74. The van der Waals surface area contributed by atoms with Crippen LogP contribution in [-0.4, -0.2) is 47.8 Å². The quantitative estimate of drug-likeness (QED) is 0.712. The lowest BCUT2D eigenvalue weighted by atomic mass is 9.75. The molecule has 0 atom stereocenters. The van der Waals surface area contributed by atoms with Crippen molar-refractivity contribution < 1.29 is 14.1 Å². The van der Waals surface area contributed by atoms with E-state index >= 15 is 0 Å². The molecule has 0 unspecified atom stereocenters. The normalized spacial score (nSPS) is 16.4. The van der Waals surface area contributed by atoms with Crippen molar-refractivity contribution in [2.24, 2.45) is 0 Å². The molecule has 0 spiro atoms. The Labute approximate surface area is 160 Å². The van der Waals surface area contributed by atoms with Crippen LogP contribution >= 0.6 is 0 Å². The number of likely N-dealkylation sites (tertiary alicyclic amines) is 1. The molecule has 0 saturated carbocycles. The van der Waals surface area contributed by atoms with Crippen LogP contribution in [0.15, 0.2) is 34.9 Å². The number of aromatic nitrogens is 2. The molecule has 146 valence electrons. The van der Waals surface area contributed by atoms with Gasteiger partial charge in [-0.25, -0.2) is 0 Å². The first-order chi connectivity index (χ1) is 13.1. The van der Waals surface area contributed by atoms with Crippen LogP contribution in [0.25, 0.3) is 0 Å². The Morgan fingerprint density at radius 3 is 2.63 bits per heavy atom. The highest BCUT2D eigenvalue weighted by Gasteiger charge is 2.40. The molecule has 2 heterocycles. The number of benzene rings is 1. The Kier molecular flexibility index (Phi) is 6.61. The number of hydrogen-bond acceptors (Lipinski definition) is 5. The molecule has 6 heteroatoms. The van der Waals surface area contributed by atoms with E-state index in [2.05, 4.69) is 22.3 Å². The molecular weight excluding hydrogens is 342 g/mol. The van der Waals surface area contributed by atoms with Gasteiger partial charge in [-0.05, 0) is 37.7 Å². The molecule has 1 aromatic carbocycles. The molecule has 2 aromatic rings. The van der Waals surface area contributed by atoms with Crippen molar-refractivity contribution >= 4 is 5.91 Å². The number of nitrogens with zero attached hydrogens (tertiary/aromatic N) is 3. The minimum Gasteiger partial charge on any atom is -0.385 e. The van der Waals surface area contributed by atoms with Crippen LogP contribution in [0.5, 0.6) is 0 Å². The van der Waals surface area contributed by atoms with Gasteiger partial charge in [-0.2, -0.15) is 4.98 Å². The number of hydrogen-bond donors (Lipinski definition) is 0. The van der Waals surface area contributed by atoms with Crippen LogP contribution in [0.2, 0.25) is 0 Å². The van der Waals surface area contributed by atoms with Crippen LogP contribution in [0.3, 0.4) is 0 Å². The Morgan fingerprint density at radius 1 is 1.26 bits per heavy atom. The van der Waals surface area contributed by atoms with Gasteiger partial charge in [-0.15, -0.1) is 0 Å². The number of carbonyl (C=O) groups excluding carboxylic acids is 1. The maximum atomic E-state index is 12.6. The number of rotatable bonds is 8. The molecule has 0 radical (unpaired) electrons. The van der Waals surface area contributed by atoms with Crippen LogP contribution < -0.4 is 0 Å². The van der Waals surface area contributed by atoms with Gasteiger partial charge in [0.1, 0.15) is 0 Å². The van der Waals surface area contributed by atoms with Gasteiger partial charge in [0.25, 0.3) is 0 Å². The fourth-order valence-electron chi connectivity index (χ4n) is 3.83. The minimum atomic E-state index is -0.158. The van der Waals surface area contributed by atoms with Crippen molar-refractivity contribution in [2.45, 2.75) is 50.9 Å². The van der Waals surface area contributed by atoms with Crippen molar-refractivity contribution in [2.75, 3.05) is 26.8 Å². The Morgan fingerprint density at radius 2 is 2.00 bits per heavy atom. The van der Waals surface area contributed by atoms with Crippen molar-refractivity contribution in [3.05, 3.63) is 47.6 Å². The zero-order valence-corrected chi connectivity index (χ0v) is 16.3. The van der Waals surface area contributed by atoms with Crippen LogP contribution in [0.1, 0.15) is 49.4 Å². The smallest absolute Gasteiger partial charge is 0.223 e. The summed E-state index contributed by atoms with van der Waals surface area (Å²) in [4.78, 5) is 19.1. The monoisotopic (exact) mass is 371 g/mol. The van der Waals surface area contributed by atoms with Gasteiger partial charge in [-0.1, -0.05) is 35.5 Å². The van der Waals surface area contributed by atoms with Gasteiger partial charge in [0.05, 0.1) is 0 Å². The fourth-order valence-corrected chi connectivity index (χ4v) is 3.83. The van der Waals surface area contributed by atoms with Gasteiger partial charge in [0.2, 0.25) is 11.8 Å². The summed E-state index contributed by atoms with van der Waals surface area (Å²) in [5.41, 5.74) is 1.13. The molecule has 0 aliphatic carbocycles. The molecule has 0 N–H and O–H groups in total. The standard InChI is InChI=1S/C21H29N3O3/c1-17-22-20(23-27-17)21(13-16-26-2)11-14-24(15-12-21)19(25)10-6-9-18-7-4-3-5-8-18/h3-5,7-8H,6,9-16H2,1-2H3. The summed E-state index contributed by atoms with van der Waals surface area (Å²) in [5.74, 6) is 1.59. The SMILES string of the molecule is COCCC1(c2noc(C)n2)CCN(C(=O)CCCc2ccccc2)CC1. The summed E-state index contributed by atoms with van der Waals surface area (Å²) in [6.45, 7) is 3.94. The molecule has 0 bridgehead atoms. The Balaban J connectivity index is 1.53. The molecule has 1 aliphatic rings. The third-order valence-corrected chi connectivity index (χ3v) is 5.56. The number of carbonyl (C=O) groups is 1. The second kappa shape index (κ2) is 9.13. The third-order valence-electron chi connectivity index (χ3n) is 5.56. The van der Waals surface area contributed by atoms with Gasteiger partial charge >= 0.3 is 0 Å². The number of amides is 1. The molecule has 1 aromatic heterocycles. The molecule has 1 aliphatic heterocycles. The zero-order valence-electron chi connectivity index (χ0n) is 16.3. The number of aryl methyl sites for hydroxylation is 2. The second-order valence-electron chi connectivity index (χ2n) is 7.38. The first kappa shape index (κ1) is 19.5. The van der Waals surface area contributed by atoms with E-state index in [1.165, 1.54) is 5.56 Å². The van der Waals surface area contributed by atoms with Crippen LogP contribution in [-0.2, 0) is 21.4 Å². The summed E-state index contributed by atoms with van der Waals surface area (Å²) in [7, 11) is 1.71. The molecule has 27 heavy (non-hydrogen) atoms. The maximum Gasteiger partial charge on any atom is 0.223 e. The Bertz CT molecular complexity index is 721. The highest BCUT2D eigenvalue weighted by atomic mass is 16.5. The van der Waals surface area contributed by atoms with Gasteiger partial charge in [-0.3, -0.25) is 4.79 Å². The minimum absolute atomic E-state index is 0.158. The Hall–Kier alpha value is -2.21. The van der Waals surface area contributed by atoms with E-state index in [9.17, 15) is 4.79 Å². The number of piperidine rings is 1. The van der Waals surface area contributed by atoms with Gasteiger partial charge in [0, 0.05) is 45.6 Å². The summed E-state index contributed by atoms with van der Waals surface area (Å²) in [6.07, 6.45) is 4.97. The topological polar surface area (TPSA) is 68.5 Å².